The Kier molecular flexibility index (Phi) is 11.2. The van der Waals surface area contributed by atoms with Crippen molar-refractivity contribution >= 4 is 35.8 Å². The Labute approximate surface area is 319 Å². The van der Waals surface area contributed by atoms with Gasteiger partial charge in [-0.2, -0.15) is 0 Å². The van der Waals surface area contributed by atoms with Gasteiger partial charge in [-0.15, -0.1) is 0 Å². The van der Waals surface area contributed by atoms with Crippen molar-refractivity contribution < 1.29 is 76.9 Å². The molecule has 55 heavy (non-hydrogen) atoms. The number of carbonyl (C=O) groups is 6. The second-order valence-electron chi connectivity index (χ2n) is 16.4. The maximum absolute atomic E-state index is 14.5. The van der Waals surface area contributed by atoms with Gasteiger partial charge in [0.1, 0.15) is 18.1 Å². The number of fused-ring (bicyclic) bond motifs is 5. The van der Waals surface area contributed by atoms with Crippen molar-refractivity contribution in [3.63, 3.8) is 0 Å². The minimum Gasteiger partial charge on any atom is -0.465 e. The highest BCUT2D eigenvalue weighted by atomic mass is 16.7. The van der Waals surface area contributed by atoms with Crippen LogP contribution in [0.3, 0.4) is 0 Å². The molecule has 0 aromatic carbocycles. The molecule has 6 aliphatic rings. The highest BCUT2D eigenvalue weighted by Crippen LogP contribution is 2.71. The van der Waals surface area contributed by atoms with E-state index in [1.165, 1.54) is 19.9 Å². The Balaban J connectivity index is 1.35. The second kappa shape index (κ2) is 15.1. The molecule has 16 nitrogen and oxygen atoms in total. The maximum Gasteiger partial charge on any atom is 0.331 e. The average molecular weight is 779 g/mol. The van der Waals surface area contributed by atoms with Crippen LogP contribution in [0.2, 0.25) is 0 Å². The first-order valence-corrected chi connectivity index (χ1v) is 19.3. The van der Waals surface area contributed by atoms with Crippen molar-refractivity contribution in [2.45, 2.75) is 154 Å². The van der Waals surface area contributed by atoms with Crippen molar-refractivity contribution in [3.8, 4) is 0 Å². The van der Waals surface area contributed by atoms with E-state index < -0.39 is 113 Å². The van der Waals surface area contributed by atoms with Gasteiger partial charge in [0.25, 0.3) is 0 Å². The zero-order valence-electron chi connectivity index (χ0n) is 32.5. The van der Waals surface area contributed by atoms with Crippen LogP contribution in [-0.4, -0.2) is 113 Å². The van der Waals surface area contributed by atoms with Crippen LogP contribution in [0.1, 0.15) is 99.8 Å². The van der Waals surface area contributed by atoms with E-state index >= 15 is 0 Å². The van der Waals surface area contributed by atoms with Crippen LogP contribution in [0.25, 0.3) is 0 Å². The summed E-state index contributed by atoms with van der Waals surface area (Å²) in [6.45, 7) is 10.1. The van der Waals surface area contributed by atoms with Gasteiger partial charge in [-0.05, 0) is 76.2 Å². The third kappa shape index (κ3) is 6.94. The molecule has 0 spiro atoms. The molecule has 4 aliphatic carbocycles. The molecule has 2 N–H and O–H groups in total. The van der Waals surface area contributed by atoms with E-state index in [4.69, 9.17) is 37.9 Å². The van der Waals surface area contributed by atoms with Crippen LogP contribution in [-0.2, 0) is 66.7 Å². The number of cyclic esters (lactones) is 1. The third-order valence-electron chi connectivity index (χ3n) is 13.4. The Hall–Kier alpha value is -3.60. The van der Waals surface area contributed by atoms with Gasteiger partial charge >= 0.3 is 35.8 Å². The van der Waals surface area contributed by atoms with Crippen molar-refractivity contribution in [3.05, 3.63) is 11.6 Å². The fourth-order valence-electron chi connectivity index (χ4n) is 11.4. The molecule has 16 heteroatoms. The number of esters is 6. The normalized spacial score (nSPS) is 43.4. The first-order valence-electron chi connectivity index (χ1n) is 19.3. The number of ether oxygens (including phenoxy) is 8. The van der Waals surface area contributed by atoms with E-state index in [9.17, 15) is 39.0 Å². The molecule has 14 atom stereocenters. The van der Waals surface area contributed by atoms with Gasteiger partial charge in [-0.3, -0.25) is 24.0 Å². The minimum absolute atomic E-state index is 0.0113. The zero-order valence-corrected chi connectivity index (χ0v) is 32.5. The molecule has 0 radical (unpaired) electrons. The Bertz CT molecular complexity index is 1610. The Morgan fingerprint density at radius 2 is 1.47 bits per heavy atom. The van der Waals surface area contributed by atoms with Crippen LogP contribution in [0.15, 0.2) is 11.6 Å². The molecule has 0 aromatic heterocycles. The van der Waals surface area contributed by atoms with Crippen molar-refractivity contribution in [2.75, 3.05) is 13.2 Å². The van der Waals surface area contributed by atoms with Crippen molar-refractivity contribution in [2.24, 2.45) is 28.6 Å². The summed E-state index contributed by atoms with van der Waals surface area (Å²) in [5.74, 6) is -5.52. The van der Waals surface area contributed by atoms with Crippen LogP contribution < -0.4 is 0 Å². The summed E-state index contributed by atoms with van der Waals surface area (Å²) in [6, 6.07) is 0. The van der Waals surface area contributed by atoms with Gasteiger partial charge in [0, 0.05) is 51.5 Å². The lowest BCUT2D eigenvalue weighted by Gasteiger charge is -2.66. The van der Waals surface area contributed by atoms with Crippen molar-refractivity contribution in [1.82, 2.24) is 0 Å². The number of hydrogen-bond donors (Lipinski definition) is 2. The fourth-order valence-corrected chi connectivity index (χ4v) is 11.4. The average Bonchev–Trinajstić information content (AvgIpc) is 3.62. The van der Waals surface area contributed by atoms with E-state index in [0.717, 1.165) is 19.4 Å². The summed E-state index contributed by atoms with van der Waals surface area (Å²) < 4.78 is 46.2. The minimum atomic E-state index is -1.79. The number of hydrogen-bond acceptors (Lipinski definition) is 16. The summed E-state index contributed by atoms with van der Waals surface area (Å²) in [7, 11) is 0. The van der Waals surface area contributed by atoms with E-state index in [0.29, 0.717) is 12.8 Å². The van der Waals surface area contributed by atoms with Crippen LogP contribution in [0, 0.1) is 28.6 Å². The molecule has 0 aromatic rings. The van der Waals surface area contributed by atoms with Crippen molar-refractivity contribution in [1.29, 1.82) is 0 Å². The second-order valence-corrected chi connectivity index (χ2v) is 16.4. The third-order valence-corrected chi connectivity index (χ3v) is 13.4. The first-order chi connectivity index (χ1) is 25.8. The molecule has 0 amide bonds. The molecule has 14 unspecified atom stereocenters. The molecule has 5 fully saturated rings. The van der Waals surface area contributed by atoms with Gasteiger partial charge in [0.05, 0.1) is 30.0 Å². The molecule has 4 saturated carbocycles. The molecular weight excluding hydrogens is 724 g/mol. The summed E-state index contributed by atoms with van der Waals surface area (Å²) in [4.78, 5) is 76.0. The number of rotatable bonds is 9. The van der Waals surface area contributed by atoms with Gasteiger partial charge in [-0.1, -0.05) is 6.92 Å². The predicted molar refractivity (Wildman–Crippen MR) is 185 cm³/mol. The number of carbonyl (C=O) groups excluding carboxylic acids is 6. The largest absolute Gasteiger partial charge is 0.465 e. The zero-order chi connectivity index (χ0) is 40.2. The summed E-state index contributed by atoms with van der Waals surface area (Å²) in [6.07, 6.45) is -4.77. The monoisotopic (exact) mass is 778 g/mol. The lowest BCUT2D eigenvalue weighted by atomic mass is 9.40. The maximum atomic E-state index is 14.5. The molecule has 2 aliphatic heterocycles. The van der Waals surface area contributed by atoms with E-state index in [1.54, 1.807) is 13.8 Å². The predicted octanol–water partition coefficient (Wildman–Crippen LogP) is 2.37. The highest BCUT2D eigenvalue weighted by molar-refractivity contribution is 5.85. The molecule has 2 heterocycles. The van der Waals surface area contributed by atoms with E-state index in [1.807, 2.05) is 6.92 Å². The highest BCUT2D eigenvalue weighted by Gasteiger charge is 2.77. The lowest BCUT2D eigenvalue weighted by molar-refractivity contribution is -0.326. The Morgan fingerprint density at radius 3 is 2.07 bits per heavy atom. The van der Waals surface area contributed by atoms with Gasteiger partial charge in [-0.25, -0.2) is 4.79 Å². The first kappa shape index (κ1) is 41.0. The molecule has 6 rings (SSSR count). The molecule has 0 bridgehead atoms. The topological polar surface area (TPSA) is 217 Å². The standard InChI is InChI=1S/C39H54O16/c1-8-48-35(45)38-13-9-25(55-34-33(54-23(6)43)32(53-22(5)42)31(19(2)50-34)52-21(4)41)16-37(38,46)12-10-27-30(38)28(51-20(3)40)17-36(7)26(11-14-39(27,36)47)24-15-29(44)49-18-24/h15,19,25-28,30-34,46-47H,8-14,16-18H2,1-7H3. The van der Waals surface area contributed by atoms with Gasteiger partial charge in [0.15, 0.2) is 24.6 Å². The summed E-state index contributed by atoms with van der Waals surface area (Å²) in [5.41, 5.74) is -4.86. The molecule has 1 saturated heterocycles. The lowest BCUT2D eigenvalue weighted by Crippen LogP contribution is -2.74. The van der Waals surface area contributed by atoms with Crippen LogP contribution in [0.4, 0.5) is 0 Å². The van der Waals surface area contributed by atoms with Gasteiger partial charge < -0.3 is 48.1 Å². The smallest absolute Gasteiger partial charge is 0.331 e. The van der Waals surface area contributed by atoms with Crippen LogP contribution >= 0.6 is 0 Å². The quantitative estimate of drug-likeness (QED) is 0.195. The molecular formula is C39H54O16. The fraction of sp³-hybridized carbons (Fsp3) is 0.795. The van der Waals surface area contributed by atoms with Gasteiger partial charge in [0.2, 0.25) is 0 Å². The van der Waals surface area contributed by atoms with E-state index in [-0.39, 0.29) is 57.7 Å². The summed E-state index contributed by atoms with van der Waals surface area (Å²) in [5, 5.41) is 25.8. The number of aliphatic hydroxyl groups is 2. The SMILES string of the molecule is CCOC(=O)C12CCC(OC3OC(C)C(OC(C)=O)C(OC(C)=O)C3OC(C)=O)CC1(O)CCC1C2C(OC(C)=O)CC2(C)C(C3=CC(=O)OC3)CCC12O. The van der Waals surface area contributed by atoms with Crippen LogP contribution in [0.5, 0.6) is 0 Å². The Morgan fingerprint density at radius 1 is 0.836 bits per heavy atom. The summed E-state index contributed by atoms with van der Waals surface area (Å²) >= 11 is 0. The molecule has 306 valence electrons. The van der Waals surface area contributed by atoms with E-state index in [2.05, 4.69) is 0 Å².